The van der Waals surface area contributed by atoms with Gasteiger partial charge in [-0.3, -0.25) is 4.79 Å². The average molecular weight is 264 g/mol. The molecule has 0 N–H and O–H groups in total. The molecule has 0 aliphatic carbocycles. The van der Waals surface area contributed by atoms with Crippen molar-refractivity contribution in [3.05, 3.63) is 5.21 Å². The third-order valence-corrected chi connectivity index (χ3v) is 6.19. The van der Waals surface area contributed by atoms with Gasteiger partial charge in [-0.05, 0) is 38.5 Å². The molecule has 4 heterocycles. The van der Waals surface area contributed by atoms with Crippen molar-refractivity contribution in [1.29, 1.82) is 0 Å². The van der Waals surface area contributed by atoms with Gasteiger partial charge < -0.3 is 14.8 Å². The third-order valence-electron chi connectivity index (χ3n) is 6.19. The van der Waals surface area contributed by atoms with E-state index in [9.17, 15) is 10.0 Å². The number of piperidine rings is 4. The summed E-state index contributed by atoms with van der Waals surface area (Å²) in [6.45, 7) is 2.55. The summed E-state index contributed by atoms with van der Waals surface area (Å²) in [6.07, 6.45) is 7.38. The number of fused-ring (bicyclic) bond motifs is 2. The van der Waals surface area contributed by atoms with Crippen molar-refractivity contribution in [2.75, 3.05) is 19.6 Å². The zero-order valence-electron chi connectivity index (χ0n) is 11.6. The van der Waals surface area contributed by atoms with E-state index in [1.807, 2.05) is 0 Å². The Labute approximate surface area is 114 Å². The van der Waals surface area contributed by atoms with Crippen LogP contribution >= 0.6 is 0 Å². The van der Waals surface area contributed by atoms with E-state index >= 15 is 0 Å². The molecule has 4 heteroatoms. The number of hydrogen-bond donors (Lipinski definition) is 0. The summed E-state index contributed by atoms with van der Waals surface area (Å²) < 4.78 is 0.0772. The van der Waals surface area contributed by atoms with E-state index in [-0.39, 0.29) is 4.65 Å². The first-order valence-electron chi connectivity index (χ1n) is 8.06. The minimum absolute atomic E-state index is 0.0772. The fourth-order valence-electron chi connectivity index (χ4n) is 5.55. The second-order valence-corrected chi connectivity index (χ2v) is 7.10. The minimum atomic E-state index is 0.0772. The van der Waals surface area contributed by atoms with Gasteiger partial charge >= 0.3 is 0 Å². The lowest BCUT2D eigenvalue weighted by Crippen LogP contribution is -2.71. The monoisotopic (exact) mass is 264 g/mol. The van der Waals surface area contributed by atoms with Gasteiger partial charge in [0.2, 0.25) is 5.91 Å². The third kappa shape index (κ3) is 1.69. The highest BCUT2D eigenvalue weighted by molar-refractivity contribution is 5.77. The zero-order valence-corrected chi connectivity index (χ0v) is 11.6. The Morgan fingerprint density at radius 1 is 1.11 bits per heavy atom. The van der Waals surface area contributed by atoms with Crippen LogP contribution in [0.2, 0.25) is 0 Å². The largest absolute Gasteiger partial charge is 0.633 e. The van der Waals surface area contributed by atoms with Gasteiger partial charge in [0.15, 0.2) is 0 Å². The van der Waals surface area contributed by atoms with Gasteiger partial charge in [0.05, 0.1) is 19.1 Å². The second kappa shape index (κ2) is 4.19. The summed E-state index contributed by atoms with van der Waals surface area (Å²) in [6, 6.07) is 0.710. The molecule has 0 bridgehead atoms. The molecule has 19 heavy (non-hydrogen) atoms. The molecular formula is C15H24N2O2. The molecule has 106 valence electrons. The first-order valence-corrected chi connectivity index (χ1v) is 8.06. The van der Waals surface area contributed by atoms with Crippen LogP contribution in [-0.2, 0) is 4.79 Å². The van der Waals surface area contributed by atoms with Crippen molar-refractivity contribution in [1.82, 2.24) is 4.90 Å². The second-order valence-electron chi connectivity index (χ2n) is 7.10. The van der Waals surface area contributed by atoms with Gasteiger partial charge in [-0.1, -0.05) is 0 Å². The lowest BCUT2D eigenvalue weighted by atomic mass is 9.67. The Kier molecular flexibility index (Phi) is 2.68. The highest BCUT2D eigenvalue weighted by atomic mass is 16.5. The Balaban J connectivity index is 1.69. The Morgan fingerprint density at radius 3 is 2.74 bits per heavy atom. The molecule has 4 aliphatic rings. The van der Waals surface area contributed by atoms with Gasteiger partial charge in [-0.2, -0.15) is 0 Å². The van der Waals surface area contributed by atoms with Gasteiger partial charge in [0.25, 0.3) is 0 Å². The lowest BCUT2D eigenvalue weighted by Gasteiger charge is -2.64. The predicted molar refractivity (Wildman–Crippen MR) is 71.9 cm³/mol. The van der Waals surface area contributed by atoms with Crippen LogP contribution < -0.4 is 0 Å². The number of nitrogens with zero attached hydrogens (tertiary/aromatic N) is 2. The Hall–Kier alpha value is -0.610. The summed E-state index contributed by atoms with van der Waals surface area (Å²) in [5.74, 6) is 1.33. The number of amides is 1. The zero-order chi connectivity index (χ0) is 13.0. The molecule has 0 spiro atoms. The number of hydroxylamine groups is 3. The standard InChI is InChI=1S/C15H24N2O2/c18-14-7-1-6-13-12-5-3-9-17(19)8-2-4-11(15(12)17)10-16(13)14/h11-13,15H,1-10H2/t11-,12+,13-,15-,17-/m1/s1. The van der Waals surface area contributed by atoms with Gasteiger partial charge in [0.1, 0.15) is 0 Å². The van der Waals surface area contributed by atoms with Crippen molar-refractivity contribution in [3.63, 3.8) is 0 Å². The van der Waals surface area contributed by atoms with Crippen molar-refractivity contribution in [2.45, 2.75) is 57.0 Å². The first kappa shape index (κ1) is 12.2. The van der Waals surface area contributed by atoms with Crippen molar-refractivity contribution >= 4 is 5.91 Å². The van der Waals surface area contributed by atoms with E-state index < -0.39 is 0 Å². The highest BCUT2D eigenvalue weighted by Crippen LogP contribution is 2.47. The Bertz CT molecular complexity index is 396. The van der Waals surface area contributed by atoms with Crippen LogP contribution in [0.4, 0.5) is 0 Å². The number of carbonyl (C=O) groups is 1. The van der Waals surface area contributed by atoms with E-state index in [4.69, 9.17) is 0 Å². The SMILES string of the molecule is O=C1CCC[C@@H]2[C@@H]3CCC[N@+]4([O-])CCC[C@H](CN12)[C@H]34. The van der Waals surface area contributed by atoms with E-state index in [0.717, 1.165) is 51.7 Å². The van der Waals surface area contributed by atoms with E-state index in [2.05, 4.69) is 4.90 Å². The van der Waals surface area contributed by atoms with E-state index in [1.54, 1.807) is 0 Å². The number of hydrogen-bond acceptors (Lipinski definition) is 2. The van der Waals surface area contributed by atoms with Gasteiger partial charge in [0, 0.05) is 30.8 Å². The smallest absolute Gasteiger partial charge is 0.222 e. The fourth-order valence-corrected chi connectivity index (χ4v) is 5.55. The lowest BCUT2D eigenvalue weighted by molar-refractivity contribution is -0.925. The Morgan fingerprint density at radius 2 is 1.89 bits per heavy atom. The van der Waals surface area contributed by atoms with Crippen LogP contribution in [0.25, 0.3) is 0 Å². The molecule has 4 fully saturated rings. The summed E-state index contributed by atoms with van der Waals surface area (Å²) in [7, 11) is 0. The molecule has 0 aromatic carbocycles. The van der Waals surface area contributed by atoms with Crippen LogP contribution in [-0.4, -0.2) is 47.2 Å². The summed E-state index contributed by atoms with van der Waals surface area (Å²) in [5, 5.41) is 13.1. The summed E-state index contributed by atoms with van der Waals surface area (Å²) in [5.41, 5.74) is 0. The summed E-state index contributed by atoms with van der Waals surface area (Å²) >= 11 is 0. The number of rotatable bonds is 0. The molecule has 4 rings (SSSR count). The molecule has 1 amide bonds. The maximum Gasteiger partial charge on any atom is 0.222 e. The fraction of sp³-hybridized carbons (Fsp3) is 0.933. The van der Waals surface area contributed by atoms with Gasteiger partial charge in [-0.25, -0.2) is 0 Å². The van der Waals surface area contributed by atoms with Crippen LogP contribution in [0.3, 0.4) is 0 Å². The molecule has 0 aromatic heterocycles. The molecule has 4 nitrogen and oxygen atoms in total. The van der Waals surface area contributed by atoms with Gasteiger partial charge in [-0.15, -0.1) is 0 Å². The topological polar surface area (TPSA) is 43.4 Å². The van der Waals surface area contributed by atoms with Crippen molar-refractivity contribution < 1.29 is 9.44 Å². The molecule has 4 saturated heterocycles. The molecule has 5 atom stereocenters. The molecule has 0 radical (unpaired) electrons. The number of carbonyl (C=O) groups excluding carboxylic acids is 1. The van der Waals surface area contributed by atoms with Crippen molar-refractivity contribution in [2.24, 2.45) is 11.8 Å². The van der Waals surface area contributed by atoms with Crippen LogP contribution in [0, 0.1) is 17.0 Å². The van der Waals surface area contributed by atoms with Crippen LogP contribution in [0.5, 0.6) is 0 Å². The van der Waals surface area contributed by atoms with E-state index in [1.165, 1.54) is 12.8 Å². The molecule has 0 saturated carbocycles. The van der Waals surface area contributed by atoms with E-state index in [0.29, 0.717) is 29.8 Å². The summed E-state index contributed by atoms with van der Waals surface area (Å²) in [4.78, 5) is 14.3. The van der Waals surface area contributed by atoms with Crippen LogP contribution in [0.15, 0.2) is 0 Å². The van der Waals surface area contributed by atoms with Crippen molar-refractivity contribution in [3.8, 4) is 0 Å². The normalized spacial score (nSPS) is 49.5. The first-order chi connectivity index (χ1) is 9.19. The maximum atomic E-state index is 13.1. The highest BCUT2D eigenvalue weighted by Gasteiger charge is 2.55. The average Bonchev–Trinajstić information content (AvgIpc) is 2.40. The quantitative estimate of drug-likeness (QED) is 0.495. The molecule has 0 aromatic rings. The number of quaternary nitrogens is 1. The minimum Gasteiger partial charge on any atom is -0.633 e. The molecule has 4 aliphatic heterocycles. The molecular weight excluding hydrogens is 240 g/mol. The predicted octanol–water partition coefficient (Wildman–Crippen LogP) is 1.88. The van der Waals surface area contributed by atoms with Crippen LogP contribution in [0.1, 0.15) is 44.9 Å². The maximum absolute atomic E-state index is 13.1. The molecule has 0 unspecified atom stereocenters.